The van der Waals surface area contributed by atoms with Gasteiger partial charge in [0.1, 0.15) is 5.75 Å². The van der Waals surface area contributed by atoms with Gasteiger partial charge in [-0.1, -0.05) is 19.1 Å². The summed E-state index contributed by atoms with van der Waals surface area (Å²) in [4.78, 5) is 12.4. The van der Waals surface area contributed by atoms with Crippen LogP contribution in [0.25, 0.3) is 0 Å². The van der Waals surface area contributed by atoms with Crippen molar-refractivity contribution in [3.63, 3.8) is 0 Å². The number of anilines is 1. The molecule has 1 amide bonds. The van der Waals surface area contributed by atoms with Gasteiger partial charge < -0.3 is 10.1 Å². The van der Waals surface area contributed by atoms with E-state index in [2.05, 4.69) is 38.4 Å². The molecule has 26 heavy (non-hydrogen) atoms. The molecule has 2 aromatic heterocycles. The zero-order valence-corrected chi connectivity index (χ0v) is 16.4. The highest BCUT2D eigenvalue weighted by Crippen LogP contribution is 2.21. The quantitative estimate of drug-likeness (QED) is 0.665. The van der Waals surface area contributed by atoms with E-state index in [1.165, 1.54) is 5.56 Å². The van der Waals surface area contributed by atoms with E-state index in [0.29, 0.717) is 15.9 Å². The number of ether oxygens (including phenoxy) is 1. The Morgan fingerprint density at radius 3 is 2.65 bits per heavy atom. The second kappa shape index (κ2) is 7.74. The fourth-order valence-corrected chi connectivity index (χ4v) is 2.89. The molecule has 0 saturated carbocycles. The van der Waals surface area contributed by atoms with Gasteiger partial charge in [0.15, 0.2) is 12.4 Å². The number of rotatable bonds is 6. The van der Waals surface area contributed by atoms with Crippen LogP contribution in [-0.2, 0) is 20.2 Å². The number of carbonyl (C=O) groups is 1. The van der Waals surface area contributed by atoms with E-state index in [1.54, 1.807) is 28.8 Å². The fourth-order valence-electron chi connectivity index (χ4n) is 2.38. The van der Waals surface area contributed by atoms with Crippen LogP contribution in [0.2, 0.25) is 0 Å². The Labute approximate surface area is 160 Å². The summed E-state index contributed by atoms with van der Waals surface area (Å²) in [6.07, 6.45) is 4.28. The first-order chi connectivity index (χ1) is 12.5. The summed E-state index contributed by atoms with van der Waals surface area (Å²) in [5, 5.41) is 11.2. The molecule has 0 aliphatic carbocycles. The summed E-state index contributed by atoms with van der Waals surface area (Å²) in [5.41, 5.74) is 3.06. The van der Waals surface area contributed by atoms with Gasteiger partial charge in [0.25, 0.3) is 5.91 Å². The SMILES string of the molecule is CCc1ccc(OCn2cc(NC(=O)c3nn(C)c(C)c3Br)cn2)cc1. The molecule has 0 atom stereocenters. The molecule has 1 aromatic carbocycles. The van der Waals surface area contributed by atoms with Gasteiger partial charge in [0.2, 0.25) is 0 Å². The largest absolute Gasteiger partial charge is 0.471 e. The summed E-state index contributed by atoms with van der Waals surface area (Å²) in [6.45, 7) is 4.25. The highest BCUT2D eigenvalue weighted by molar-refractivity contribution is 9.10. The Morgan fingerprint density at radius 2 is 2.04 bits per heavy atom. The minimum atomic E-state index is -0.295. The normalized spacial score (nSPS) is 10.8. The molecular formula is C18H20BrN5O2. The van der Waals surface area contributed by atoms with Gasteiger partial charge in [-0.15, -0.1) is 0 Å². The number of nitrogens with one attached hydrogen (secondary N) is 1. The molecule has 136 valence electrons. The molecule has 0 aliphatic rings. The molecule has 3 rings (SSSR count). The minimum Gasteiger partial charge on any atom is -0.471 e. The molecule has 1 N–H and O–H groups in total. The van der Waals surface area contributed by atoms with E-state index in [9.17, 15) is 4.79 Å². The molecule has 0 bridgehead atoms. The molecule has 0 unspecified atom stereocenters. The molecule has 0 spiro atoms. The lowest BCUT2D eigenvalue weighted by atomic mass is 10.2. The van der Waals surface area contributed by atoms with Crippen LogP contribution in [0.5, 0.6) is 5.75 Å². The maximum Gasteiger partial charge on any atom is 0.277 e. The van der Waals surface area contributed by atoms with Gasteiger partial charge in [-0.25, -0.2) is 4.68 Å². The van der Waals surface area contributed by atoms with Crippen LogP contribution >= 0.6 is 15.9 Å². The maximum atomic E-state index is 12.4. The predicted octanol–water partition coefficient (Wildman–Crippen LogP) is 3.54. The molecule has 0 fully saturated rings. The smallest absolute Gasteiger partial charge is 0.277 e. The van der Waals surface area contributed by atoms with E-state index in [0.717, 1.165) is 17.9 Å². The van der Waals surface area contributed by atoms with E-state index < -0.39 is 0 Å². The number of benzene rings is 1. The Morgan fingerprint density at radius 1 is 1.31 bits per heavy atom. The first-order valence-corrected chi connectivity index (χ1v) is 9.02. The van der Waals surface area contributed by atoms with Crippen molar-refractivity contribution in [1.29, 1.82) is 0 Å². The Balaban J connectivity index is 1.60. The molecule has 0 radical (unpaired) electrons. The van der Waals surface area contributed by atoms with Crippen molar-refractivity contribution in [2.24, 2.45) is 7.05 Å². The summed E-state index contributed by atoms with van der Waals surface area (Å²) in [7, 11) is 1.79. The lowest BCUT2D eigenvalue weighted by Gasteiger charge is -2.06. The number of aryl methyl sites for hydroxylation is 2. The predicted molar refractivity (Wildman–Crippen MR) is 102 cm³/mol. The highest BCUT2D eigenvalue weighted by atomic mass is 79.9. The van der Waals surface area contributed by atoms with Crippen LogP contribution in [-0.4, -0.2) is 25.5 Å². The number of aromatic nitrogens is 4. The summed E-state index contributed by atoms with van der Waals surface area (Å²) >= 11 is 3.40. The average molecular weight is 418 g/mol. The van der Waals surface area contributed by atoms with Crippen LogP contribution < -0.4 is 10.1 Å². The zero-order chi connectivity index (χ0) is 18.7. The van der Waals surface area contributed by atoms with Gasteiger partial charge in [0, 0.05) is 7.05 Å². The standard InChI is InChI=1S/C18H20BrN5O2/c1-4-13-5-7-15(8-6-13)26-11-24-10-14(9-20-24)21-18(25)17-16(19)12(2)23(3)22-17/h5-10H,4,11H2,1-3H3,(H,21,25). The van der Waals surface area contributed by atoms with Gasteiger partial charge in [-0.2, -0.15) is 10.2 Å². The zero-order valence-electron chi connectivity index (χ0n) is 14.9. The number of carbonyl (C=O) groups excluding carboxylic acids is 1. The monoisotopic (exact) mass is 417 g/mol. The molecule has 0 aliphatic heterocycles. The first-order valence-electron chi connectivity index (χ1n) is 8.22. The first kappa shape index (κ1) is 18.2. The van der Waals surface area contributed by atoms with Crippen molar-refractivity contribution < 1.29 is 9.53 Å². The van der Waals surface area contributed by atoms with E-state index >= 15 is 0 Å². The molecule has 2 heterocycles. The number of amides is 1. The van der Waals surface area contributed by atoms with Gasteiger partial charge in [0.05, 0.1) is 28.2 Å². The van der Waals surface area contributed by atoms with E-state index in [1.807, 2.05) is 31.2 Å². The molecule has 3 aromatic rings. The Hall–Kier alpha value is -2.61. The Bertz CT molecular complexity index is 914. The van der Waals surface area contributed by atoms with Crippen LogP contribution in [0.15, 0.2) is 41.1 Å². The summed E-state index contributed by atoms with van der Waals surface area (Å²) in [6, 6.07) is 7.95. The van der Waals surface area contributed by atoms with Gasteiger partial charge in [-0.3, -0.25) is 9.48 Å². The van der Waals surface area contributed by atoms with Crippen molar-refractivity contribution in [3.05, 3.63) is 58.1 Å². The molecule has 0 saturated heterocycles. The van der Waals surface area contributed by atoms with Crippen LogP contribution in [0, 0.1) is 6.92 Å². The van der Waals surface area contributed by atoms with Gasteiger partial charge >= 0.3 is 0 Å². The Kier molecular flexibility index (Phi) is 5.41. The lowest BCUT2D eigenvalue weighted by molar-refractivity contribution is 0.102. The second-order valence-corrected chi connectivity index (χ2v) is 6.66. The third kappa shape index (κ3) is 3.96. The fraction of sp³-hybridized carbons (Fsp3) is 0.278. The van der Waals surface area contributed by atoms with Crippen molar-refractivity contribution in [2.75, 3.05) is 5.32 Å². The van der Waals surface area contributed by atoms with Crippen LogP contribution in [0.3, 0.4) is 0 Å². The van der Waals surface area contributed by atoms with E-state index in [-0.39, 0.29) is 12.6 Å². The second-order valence-electron chi connectivity index (χ2n) is 5.87. The molecule has 8 heteroatoms. The van der Waals surface area contributed by atoms with Crippen LogP contribution in [0.1, 0.15) is 28.7 Å². The third-order valence-corrected chi connectivity index (χ3v) is 5.01. The van der Waals surface area contributed by atoms with Crippen molar-refractivity contribution in [2.45, 2.75) is 27.0 Å². The average Bonchev–Trinajstić information content (AvgIpc) is 3.20. The molecular weight excluding hydrogens is 398 g/mol. The molecule has 7 nitrogen and oxygen atoms in total. The van der Waals surface area contributed by atoms with E-state index in [4.69, 9.17) is 4.74 Å². The van der Waals surface area contributed by atoms with Crippen molar-refractivity contribution in [3.8, 4) is 5.75 Å². The number of hydrogen-bond acceptors (Lipinski definition) is 4. The number of halogens is 1. The van der Waals surface area contributed by atoms with Crippen molar-refractivity contribution >= 4 is 27.5 Å². The summed E-state index contributed by atoms with van der Waals surface area (Å²) < 4.78 is 9.65. The number of hydrogen-bond donors (Lipinski definition) is 1. The third-order valence-electron chi connectivity index (χ3n) is 4.06. The summed E-state index contributed by atoms with van der Waals surface area (Å²) in [5.74, 6) is 0.479. The minimum absolute atomic E-state index is 0.258. The maximum absolute atomic E-state index is 12.4. The lowest BCUT2D eigenvalue weighted by Crippen LogP contribution is -2.13. The van der Waals surface area contributed by atoms with Gasteiger partial charge in [-0.05, 0) is 47.0 Å². The van der Waals surface area contributed by atoms with Crippen LogP contribution in [0.4, 0.5) is 5.69 Å². The highest BCUT2D eigenvalue weighted by Gasteiger charge is 2.18. The topological polar surface area (TPSA) is 74.0 Å². The van der Waals surface area contributed by atoms with Crippen molar-refractivity contribution in [1.82, 2.24) is 19.6 Å². The number of nitrogens with zero attached hydrogens (tertiary/aromatic N) is 4.